The molecule has 2 rings (SSSR count). The molecule has 0 aliphatic heterocycles. The summed E-state index contributed by atoms with van der Waals surface area (Å²) < 4.78 is 13.1. The number of aryl methyl sites for hydroxylation is 1. The Labute approximate surface area is 131 Å². The quantitative estimate of drug-likeness (QED) is 0.861. The SMILES string of the molecule is CCOc1ccc(C(O)c2c(Br)nnn2C)cc1OCC. The molecule has 1 aromatic heterocycles. The molecule has 6 nitrogen and oxygen atoms in total. The Kier molecular flexibility index (Phi) is 5.19. The third-order valence-electron chi connectivity index (χ3n) is 2.97. The van der Waals surface area contributed by atoms with Crippen LogP contribution in [-0.4, -0.2) is 33.3 Å². The summed E-state index contributed by atoms with van der Waals surface area (Å²) in [5.74, 6) is 1.28. The largest absolute Gasteiger partial charge is 0.490 e. The molecule has 1 atom stereocenters. The van der Waals surface area contributed by atoms with Gasteiger partial charge in [0.25, 0.3) is 0 Å². The molecule has 114 valence electrons. The maximum absolute atomic E-state index is 10.5. The van der Waals surface area contributed by atoms with E-state index in [-0.39, 0.29) is 0 Å². The van der Waals surface area contributed by atoms with E-state index in [2.05, 4.69) is 26.2 Å². The molecule has 21 heavy (non-hydrogen) atoms. The molecule has 2 aromatic rings. The van der Waals surface area contributed by atoms with Gasteiger partial charge in [0.1, 0.15) is 11.8 Å². The molecule has 1 aromatic carbocycles. The molecule has 0 saturated heterocycles. The standard InChI is InChI=1S/C14H18BrN3O3/c1-4-20-10-7-6-9(8-11(10)21-5-2)13(19)12-14(15)16-17-18(12)3/h6-8,13,19H,4-5H2,1-3H3. The van der Waals surface area contributed by atoms with Gasteiger partial charge in [-0.15, -0.1) is 5.10 Å². The Bertz CT molecular complexity index is 596. The Morgan fingerprint density at radius 2 is 1.90 bits per heavy atom. The molecule has 0 amide bonds. The molecule has 1 heterocycles. The highest BCUT2D eigenvalue weighted by Gasteiger charge is 2.21. The monoisotopic (exact) mass is 355 g/mol. The van der Waals surface area contributed by atoms with E-state index >= 15 is 0 Å². The molecule has 1 unspecified atom stereocenters. The van der Waals surface area contributed by atoms with E-state index in [0.29, 0.717) is 40.6 Å². The third kappa shape index (κ3) is 3.36. The van der Waals surface area contributed by atoms with E-state index in [4.69, 9.17) is 9.47 Å². The summed E-state index contributed by atoms with van der Waals surface area (Å²) in [5.41, 5.74) is 1.27. The van der Waals surface area contributed by atoms with Gasteiger partial charge in [0.15, 0.2) is 16.1 Å². The number of hydrogen-bond acceptors (Lipinski definition) is 5. The first-order chi connectivity index (χ1) is 10.1. The van der Waals surface area contributed by atoms with Crippen LogP contribution in [0.25, 0.3) is 0 Å². The van der Waals surface area contributed by atoms with Gasteiger partial charge in [0, 0.05) is 7.05 Å². The Hall–Kier alpha value is -1.60. The number of benzene rings is 1. The molecule has 0 saturated carbocycles. The van der Waals surface area contributed by atoms with Crippen molar-refractivity contribution < 1.29 is 14.6 Å². The zero-order valence-electron chi connectivity index (χ0n) is 12.2. The van der Waals surface area contributed by atoms with E-state index in [1.165, 1.54) is 4.68 Å². The predicted octanol–water partition coefficient (Wildman–Crippen LogP) is 2.46. The Morgan fingerprint density at radius 3 is 2.48 bits per heavy atom. The average molecular weight is 356 g/mol. The number of aliphatic hydroxyl groups excluding tert-OH is 1. The fourth-order valence-electron chi connectivity index (χ4n) is 2.02. The second-order valence-corrected chi connectivity index (χ2v) is 5.11. The van der Waals surface area contributed by atoms with Crippen LogP contribution in [0.5, 0.6) is 11.5 Å². The molecule has 0 bridgehead atoms. The van der Waals surface area contributed by atoms with Gasteiger partial charge in [-0.25, -0.2) is 4.68 Å². The smallest absolute Gasteiger partial charge is 0.161 e. The van der Waals surface area contributed by atoms with E-state index in [1.54, 1.807) is 25.2 Å². The van der Waals surface area contributed by atoms with Crippen molar-refractivity contribution in [2.24, 2.45) is 7.05 Å². The highest BCUT2D eigenvalue weighted by molar-refractivity contribution is 9.10. The minimum absolute atomic E-state index is 0.518. The minimum Gasteiger partial charge on any atom is -0.490 e. The van der Waals surface area contributed by atoms with Gasteiger partial charge in [0.2, 0.25) is 0 Å². The van der Waals surface area contributed by atoms with Crippen LogP contribution in [0.2, 0.25) is 0 Å². The normalized spacial score (nSPS) is 12.2. The zero-order chi connectivity index (χ0) is 15.4. The summed E-state index contributed by atoms with van der Waals surface area (Å²) in [5, 5.41) is 18.3. The van der Waals surface area contributed by atoms with E-state index in [0.717, 1.165) is 0 Å². The van der Waals surface area contributed by atoms with Crippen LogP contribution >= 0.6 is 15.9 Å². The number of nitrogens with zero attached hydrogens (tertiary/aromatic N) is 3. The van der Waals surface area contributed by atoms with Crippen LogP contribution in [-0.2, 0) is 7.05 Å². The minimum atomic E-state index is -0.853. The Balaban J connectivity index is 2.37. The number of halogens is 1. The van der Waals surface area contributed by atoms with Crippen LogP contribution in [0, 0.1) is 0 Å². The highest BCUT2D eigenvalue weighted by atomic mass is 79.9. The molecular formula is C14H18BrN3O3. The van der Waals surface area contributed by atoms with Crippen LogP contribution < -0.4 is 9.47 Å². The lowest BCUT2D eigenvalue weighted by molar-refractivity contribution is 0.207. The van der Waals surface area contributed by atoms with Gasteiger partial charge in [-0.3, -0.25) is 0 Å². The van der Waals surface area contributed by atoms with Crippen molar-refractivity contribution in [3.05, 3.63) is 34.1 Å². The molecule has 0 aliphatic carbocycles. The topological polar surface area (TPSA) is 69.4 Å². The van der Waals surface area contributed by atoms with Crippen LogP contribution in [0.15, 0.2) is 22.8 Å². The second-order valence-electron chi connectivity index (χ2n) is 4.36. The molecule has 0 aliphatic rings. The van der Waals surface area contributed by atoms with Crippen molar-refractivity contribution in [3.63, 3.8) is 0 Å². The first kappa shape index (κ1) is 15.8. The van der Waals surface area contributed by atoms with Gasteiger partial charge in [0.05, 0.1) is 13.2 Å². The van der Waals surface area contributed by atoms with E-state index < -0.39 is 6.10 Å². The van der Waals surface area contributed by atoms with Gasteiger partial charge >= 0.3 is 0 Å². The molecule has 1 N–H and O–H groups in total. The average Bonchev–Trinajstić information content (AvgIpc) is 2.80. The van der Waals surface area contributed by atoms with Gasteiger partial charge in [-0.05, 0) is 47.5 Å². The van der Waals surface area contributed by atoms with Crippen molar-refractivity contribution >= 4 is 15.9 Å². The molecule has 0 fully saturated rings. The third-order valence-corrected chi connectivity index (χ3v) is 3.53. The van der Waals surface area contributed by atoms with Crippen molar-refractivity contribution in [2.45, 2.75) is 20.0 Å². The molecule has 7 heteroatoms. The fraction of sp³-hybridized carbons (Fsp3) is 0.429. The lowest BCUT2D eigenvalue weighted by Crippen LogP contribution is -2.08. The van der Waals surface area contributed by atoms with Gasteiger partial charge < -0.3 is 14.6 Å². The van der Waals surface area contributed by atoms with Crippen molar-refractivity contribution in [2.75, 3.05) is 13.2 Å². The van der Waals surface area contributed by atoms with E-state index in [9.17, 15) is 5.11 Å². The first-order valence-corrected chi connectivity index (χ1v) is 7.50. The summed E-state index contributed by atoms with van der Waals surface area (Å²) in [6.07, 6.45) is -0.853. The molecular weight excluding hydrogens is 338 g/mol. The summed E-state index contributed by atoms with van der Waals surface area (Å²) in [6.45, 7) is 4.90. The zero-order valence-corrected chi connectivity index (χ0v) is 13.8. The summed E-state index contributed by atoms with van der Waals surface area (Å²) in [7, 11) is 1.73. The predicted molar refractivity (Wildman–Crippen MR) is 81.5 cm³/mol. The summed E-state index contributed by atoms with van der Waals surface area (Å²) in [4.78, 5) is 0. The lowest BCUT2D eigenvalue weighted by atomic mass is 10.1. The fourth-order valence-corrected chi connectivity index (χ4v) is 2.57. The van der Waals surface area contributed by atoms with Crippen molar-refractivity contribution in [1.82, 2.24) is 15.0 Å². The van der Waals surface area contributed by atoms with Crippen LogP contribution in [0.1, 0.15) is 31.2 Å². The molecule has 0 radical (unpaired) electrons. The van der Waals surface area contributed by atoms with Gasteiger partial charge in [-0.2, -0.15) is 0 Å². The number of hydrogen-bond donors (Lipinski definition) is 1. The number of aliphatic hydroxyl groups is 1. The van der Waals surface area contributed by atoms with Gasteiger partial charge in [-0.1, -0.05) is 11.3 Å². The maximum atomic E-state index is 10.5. The lowest BCUT2D eigenvalue weighted by Gasteiger charge is -2.15. The maximum Gasteiger partial charge on any atom is 0.161 e. The number of aromatic nitrogens is 3. The van der Waals surface area contributed by atoms with Crippen LogP contribution in [0.4, 0.5) is 0 Å². The van der Waals surface area contributed by atoms with Crippen molar-refractivity contribution in [3.8, 4) is 11.5 Å². The summed E-state index contributed by atoms with van der Waals surface area (Å²) >= 11 is 3.29. The number of rotatable bonds is 6. The van der Waals surface area contributed by atoms with Crippen LogP contribution in [0.3, 0.4) is 0 Å². The van der Waals surface area contributed by atoms with E-state index in [1.807, 2.05) is 13.8 Å². The van der Waals surface area contributed by atoms with Crippen molar-refractivity contribution in [1.29, 1.82) is 0 Å². The second kappa shape index (κ2) is 6.91. The first-order valence-electron chi connectivity index (χ1n) is 6.71. The summed E-state index contributed by atoms with van der Waals surface area (Å²) in [6, 6.07) is 5.38. The number of ether oxygens (including phenoxy) is 2. The Morgan fingerprint density at radius 1 is 1.24 bits per heavy atom. The highest BCUT2D eigenvalue weighted by Crippen LogP contribution is 2.34. The molecule has 0 spiro atoms.